The van der Waals surface area contributed by atoms with Crippen LogP contribution in [0.3, 0.4) is 0 Å². The maximum absolute atomic E-state index is 12.3. The molecule has 0 aliphatic rings. The molecule has 0 saturated heterocycles. The van der Waals surface area contributed by atoms with Crippen molar-refractivity contribution in [3.8, 4) is 0 Å². The number of alkyl carbamates (subject to hydrolysis) is 1. The molecule has 1 rings (SSSR count). The van der Waals surface area contributed by atoms with Gasteiger partial charge in [0.25, 0.3) is 0 Å². The molecule has 0 aromatic heterocycles. The predicted molar refractivity (Wildman–Crippen MR) is 89.5 cm³/mol. The first-order valence-electron chi connectivity index (χ1n) is 7.87. The van der Waals surface area contributed by atoms with Crippen LogP contribution in [-0.2, 0) is 25.7 Å². The lowest BCUT2D eigenvalue weighted by Crippen LogP contribution is -2.58. The van der Waals surface area contributed by atoms with Crippen LogP contribution in [0.5, 0.6) is 0 Å². The van der Waals surface area contributed by atoms with Crippen molar-refractivity contribution in [1.29, 1.82) is 0 Å². The van der Waals surface area contributed by atoms with E-state index in [9.17, 15) is 19.5 Å². The number of ether oxygens (including phenoxy) is 2. The van der Waals surface area contributed by atoms with Gasteiger partial charge in [-0.25, -0.2) is 9.59 Å². The Hall–Kier alpha value is -2.61. The molecule has 0 aliphatic heterocycles. The Balaban J connectivity index is 2.55. The maximum atomic E-state index is 12.3. The van der Waals surface area contributed by atoms with Gasteiger partial charge in [-0.05, 0) is 26.3 Å². The third-order valence-corrected chi connectivity index (χ3v) is 3.25. The molecule has 0 heterocycles. The molecule has 1 atom stereocenters. The normalized spacial score (nSPS) is 12.0. The molecule has 1 aromatic rings. The first-order valence-corrected chi connectivity index (χ1v) is 7.87. The van der Waals surface area contributed by atoms with Crippen LogP contribution in [0, 0.1) is 0 Å². The summed E-state index contributed by atoms with van der Waals surface area (Å²) >= 11 is 0. The zero-order chi connectivity index (χ0) is 18.9. The van der Waals surface area contributed by atoms with Crippen molar-refractivity contribution >= 4 is 18.0 Å². The van der Waals surface area contributed by atoms with Crippen molar-refractivity contribution in [1.82, 2.24) is 10.6 Å². The van der Waals surface area contributed by atoms with Crippen molar-refractivity contribution in [3.63, 3.8) is 0 Å². The number of aliphatic hydroxyl groups is 1. The molecule has 3 N–H and O–H groups in total. The molecule has 2 amide bonds. The molecule has 0 bridgehead atoms. The minimum Gasteiger partial charge on any atom is -0.464 e. The number of amides is 2. The number of carbonyl (C=O) groups is 3. The van der Waals surface area contributed by atoms with Gasteiger partial charge in [-0.2, -0.15) is 0 Å². The molecule has 25 heavy (non-hydrogen) atoms. The molecule has 0 fully saturated rings. The standard InChI is InChI=1S/C17H24N2O6/c1-4-24-14(21)13(10-20)18-15(22)17(2,3)19-16(23)25-11-12-8-6-5-7-9-12/h5-9,13,20H,4,10-11H2,1-3H3,(H,18,22)(H,19,23)/t13-/m0/s1. The first kappa shape index (κ1) is 20.4. The smallest absolute Gasteiger partial charge is 0.408 e. The van der Waals surface area contributed by atoms with Gasteiger partial charge in [0, 0.05) is 0 Å². The Labute approximate surface area is 146 Å². The van der Waals surface area contributed by atoms with Gasteiger partial charge in [0.15, 0.2) is 6.04 Å². The molecule has 8 heteroatoms. The average Bonchev–Trinajstić information content (AvgIpc) is 2.58. The minimum absolute atomic E-state index is 0.0620. The Morgan fingerprint density at radius 2 is 1.80 bits per heavy atom. The van der Waals surface area contributed by atoms with E-state index >= 15 is 0 Å². The van der Waals surface area contributed by atoms with Crippen molar-refractivity contribution in [2.75, 3.05) is 13.2 Å². The highest BCUT2D eigenvalue weighted by Crippen LogP contribution is 2.06. The highest BCUT2D eigenvalue weighted by Gasteiger charge is 2.33. The van der Waals surface area contributed by atoms with Gasteiger partial charge in [0.05, 0.1) is 13.2 Å². The fourth-order valence-corrected chi connectivity index (χ4v) is 1.83. The van der Waals surface area contributed by atoms with E-state index in [4.69, 9.17) is 9.47 Å². The van der Waals surface area contributed by atoms with Crippen LogP contribution in [0.2, 0.25) is 0 Å². The van der Waals surface area contributed by atoms with E-state index in [0.717, 1.165) is 5.56 Å². The summed E-state index contributed by atoms with van der Waals surface area (Å²) in [5, 5.41) is 14.0. The molecule has 138 valence electrons. The van der Waals surface area contributed by atoms with Crippen LogP contribution in [0.1, 0.15) is 26.3 Å². The highest BCUT2D eigenvalue weighted by molar-refractivity contribution is 5.92. The summed E-state index contributed by atoms with van der Waals surface area (Å²) in [5.41, 5.74) is -0.546. The number of aliphatic hydroxyl groups excluding tert-OH is 1. The Morgan fingerprint density at radius 3 is 2.36 bits per heavy atom. The van der Waals surface area contributed by atoms with Crippen LogP contribution < -0.4 is 10.6 Å². The van der Waals surface area contributed by atoms with Gasteiger partial charge < -0.3 is 25.2 Å². The molecular weight excluding hydrogens is 328 g/mol. The summed E-state index contributed by atoms with van der Waals surface area (Å²) in [6.45, 7) is 4.09. The van der Waals surface area contributed by atoms with Crippen LogP contribution in [0.4, 0.5) is 4.79 Å². The second-order valence-electron chi connectivity index (χ2n) is 5.77. The largest absolute Gasteiger partial charge is 0.464 e. The number of hydrogen-bond acceptors (Lipinski definition) is 6. The number of hydrogen-bond donors (Lipinski definition) is 3. The zero-order valence-corrected chi connectivity index (χ0v) is 14.6. The third kappa shape index (κ3) is 6.80. The summed E-state index contributed by atoms with van der Waals surface area (Å²) in [4.78, 5) is 35.7. The fraction of sp³-hybridized carbons (Fsp3) is 0.471. The van der Waals surface area contributed by atoms with Crippen molar-refractivity contribution in [2.24, 2.45) is 0 Å². The second kappa shape index (κ2) is 9.63. The van der Waals surface area contributed by atoms with Crippen LogP contribution in [-0.4, -0.2) is 47.9 Å². The van der Waals surface area contributed by atoms with Crippen molar-refractivity contribution in [2.45, 2.75) is 39.0 Å². The SMILES string of the molecule is CCOC(=O)[C@H](CO)NC(=O)C(C)(C)NC(=O)OCc1ccccc1. The van der Waals surface area contributed by atoms with Crippen LogP contribution >= 0.6 is 0 Å². The molecule has 0 spiro atoms. The summed E-state index contributed by atoms with van der Waals surface area (Å²) in [5.74, 6) is -1.41. The quantitative estimate of drug-likeness (QED) is 0.595. The van der Waals surface area contributed by atoms with Crippen LogP contribution in [0.25, 0.3) is 0 Å². The van der Waals surface area contributed by atoms with E-state index < -0.39 is 36.2 Å². The van der Waals surface area contributed by atoms with Gasteiger partial charge in [-0.15, -0.1) is 0 Å². The van der Waals surface area contributed by atoms with Gasteiger partial charge in [0.2, 0.25) is 5.91 Å². The van der Waals surface area contributed by atoms with E-state index in [0.29, 0.717) is 0 Å². The summed E-state index contributed by atoms with van der Waals surface area (Å²) in [6, 6.07) is 7.88. The number of benzene rings is 1. The van der Waals surface area contributed by atoms with E-state index in [-0.39, 0.29) is 13.2 Å². The monoisotopic (exact) mass is 352 g/mol. The van der Waals surface area contributed by atoms with Gasteiger partial charge >= 0.3 is 12.1 Å². The molecule has 1 aromatic carbocycles. The lowest BCUT2D eigenvalue weighted by molar-refractivity contribution is -0.149. The topological polar surface area (TPSA) is 114 Å². The minimum atomic E-state index is -1.35. The molecule has 0 saturated carbocycles. The van der Waals surface area contributed by atoms with E-state index in [1.807, 2.05) is 18.2 Å². The van der Waals surface area contributed by atoms with Crippen molar-refractivity contribution < 1.29 is 29.0 Å². The van der Waals surface area contributed by atoms with Crippen LogP contribution in [0.15, 0.2) is 30.3 Å². The molecule has 0 unspecified atom stereocenters. The Bertz CT molecular complexity index is 588. The molecule has 0 aliphatic carbocycles. The second-order valence-corrected chi connectivity index (χ2v) is 5.77. The fourth-order valence-electron chi connectivity index (χ4n) is 1.83. The number of rotatable bonds is 8. The first-order chi connectivity index (χ1) is 11.8. The Morgan fingerprint density at radius 1 is 1.16 bits per heavy atom. The van der Waals surface area contributed by atoms with Gasteiger partial charge in [-0.1, -0.05) is 30.3 Å². The van der Waals surface area contributed by atoms with Gasteiger partial charge in [-0.3, -0.25) is 4.79 Å². The molecule has 0 radical (unpaired) electrons. The van der Waals surface area contributed by atoms with E-state index in [2.05, 4.69) is 10.6 Å². The lowest BCUT2D eigenvalue weighted by atomic mass is 10.0. The zero-order valence-electron chi connectivity index (χ0n) is 14.6. The highest BCUT2D eigenvalue weighted by atomic mass is 16.5. The average molecular weight is 352 g/mol. The van der Waals surface area contributed by atoms with E-state index in [1.54, 1.807) is 19.1 Å². The van der Waals surface area contributed by atoms with Crippen molar-refractivity contribution in [3.05, 3.63) is 35.9 Å². The molecular formula is C17H24N2O6. The third-order valence-electron chi connectivity index (χ3n) is 3.25. The van der Waals surface area contributed by atoms with Gasteiger partial charge in [0.1, 0.15) is 12.1 Å². The number of nitrogens with one attached hydrogen (secondary N) is 2. The van der Waals surface area contributed by atoms with E-state index in [1.165, 1.54) is 13.8 Å². The number of esters is 1. The molecule has 8 nitrogen and oxygen atoms in total. The number of carbonyl (C=O) groups excluding carboxylic acids is 3. The lowest BCUT2D eigenvalue weighted by Gasteiger charge is -2.26. The summed E-state index contributed by atoms with van der Waals surface area (Å²) in [7, 11) is 0. The maximum Gasteiger partial charge on any atom is 0.408 e. The predicted octanol–water partition coefficient (Wildman–Crippen LogP) is 0.732. The summed E-state index contributed by atoms with van der Waals surface area (Å²) in [6.07, 6.45) is -0.777. The summed E-state index contributed by atoms with van der Waals surface area (Å²) < 4.78 is 9.81. The Kier molecular flexibility index (Phi) is 7.87.